The molecule has 0 fully saturated rings. The molecule has 0 spiro atoms. The van der Waals surface area contributed by atoms with Crippen molar-refractivity contribution in [1.29, 1.82) is 0 Å². The Labute approximate surface area is 179 Å². The van der Waals surface area contributed by atoms with E-state index < -0.39 is 0 Å². The van der Waals surface area contributed by atoms with Crippen LogP contribution in [-0.4, -0.2) is 24.3 Å². The van der Waals surface area contributed by atoms with Gasteiger partial charge in [-0.25, -0.2) is 9.66 Å². The van der Waals surface area contributed by atoms with Gasteiger partial charge in [0.05, 0.1) is 5.69 Å². The van der Waals surface area contributed by atoms with Gasteiger partial charge in [0.2, 0.25) is 5.16 Å². The highest BCUT2D eigenvalue weighted by Gasteiger charge is 2.16. The number of pyridine rings is 1. The Balaban J connectivity index is 1.54. The smallest absolute Gasteiger partial charge is 0.258 e. The van der Waals surface area contributed by atoms with Gasteiger partial charge in [-0.05, 0) is 29.5 Å². The Kier molecular flexibility index (Phi) is 5.11. The molecule has 0 amide bonds. The number of nitrogen functional groups attached to an aromatic ring is 1. The van der Waals surface area contributed by atoms with Crippen molar-refractivity contribution in [3.05, 3.63) is 75.8 Å². The first-order chi connectivity index (χ1) is 14.2. The zero-order valence-corrected chi connectivity index (χ0v) is 18.3. The molecule has 3 heterocycles. The number of nitrogens with zero attached hydrogens (tertiary/aromatic N) is 5. The highest BCUT2D eigenvalue weighted by molar-refractivity contribution is 7.98. The number of hydrogen-bond acceptors (Lipinski definition) is 6. The van der Waals surface area contributed by atoms with Crippen LogP contribution in [0.25, 0.3) is 17.0 Å². The van der Waals surface area contributed by atoms with Crippen LogP contribution in [0.5, 0.6) is 0 Å². The molecule has 1 aromatic carbocycles. The predicted octanol–water partition coefficient (Wildman–Crippen LogP) is 3.57. The number of hydrogen-bond donors (Lipinski definition) is 1. The Bertz CT molecular complexity index is 1270. The second-order valence-corrected chi connectivity index (χ2v) is 9.26. The van der Waals surface area contributed by atoms with Gasteiger partial charge in [-0.2, -0.15) is 0 Å². The quantitative estimate of drug-likeness (QED) is 0.401. The average molecular weight is 421 g/mol. The van der Waals surface area contributed by atoms with Crippen molar-refractivity contribution in [1.82, 2.24) is 24.3 Å². The summed E-state index contributed by atoms with van der Waals surface area (Å²) in [5.74, 6) is 7.31. The summed E-state index contributed by atoms with van der Waals surface area (Å²) in [4.78, 5) is 16.9. The van der Waals surface area contributed by atoms with E-state index in [0.29, 0.717) is 28.1 Å². The maximum Gasteiger partial charge on any atom is 0.258 e. The molecule has 0 radical (unpaired) electrons. The van der Waals surface area contributed by atoms with Crippen LogP contribution >= 0.6 is 11.8 Å². The summed E-state index contributed by atoms with van der Waals surface area (Å²) in [6.07, 6.45) is 1.79. The van der Waals surface area contributed by atoms with E-state index in [1.54, 1.807) is 16.7 Å². The number of fused-ring (bicyclic) bond motifs is 1. The maximum absolute atomic E-state index is 12.4. The number of rotatable bonds is 4. The minimum Gasteiger partial charge on any atom is -0.335 e. The molecule has 154 valence electrons. The minimum atomic E-state index is -0.104. The van der Waals surface area contributed by atoms with E-state index in [9.17, 15) is 4.79 Å². The second kappa shape index (κ2) is 7.60. The molecular weight excluding hydrogens is 396 g/mol. The van der Waals surface area contributed by atoms with Gasteiger partial charge < -0.3 is 5.84 Å². The Hall–Kier alpha value is -3.13. The topological polar surface area (TPSA) is 91.1 Å². The van der Waals surface area contributed by atoms with Gasteiger partial charge in [0, 0.05) is 23.6 Å². The molecule has 0 aliphatic heterocycles. The summed E-state index contributed by atoms with van der Waals surface area (Å²) >= 11 is 1.40. The zero-order valence-electron chi connectivity index (χ0n) is 17.5. The highest BCUT2D eigenvalue weighted by atomic mass is 32.2. The van der Waals surface area contributed by atoms with Crippen LogP contribution < -0.4 is 11.4 Å². The lowest BCUT2D eigenvalue weighted by molar-refractivity contribution is 0.590. The summed E-state index contributed by atoms with van der Waals surface area (Å²) in [5.41, 5.74) is 4.43. The molecule has 0 unspecified atom stereocenters. The molecule has 3 aromatic heterocycles. The molecule has 30 heavy (non-hydrogen) atoms. The first-order valence-corrected chi connectivity index (χ1v) is 10.6. The van der Waals surface area contributed by atoms with E-state index in [1.165, 1.54) is 22.0 Å². The van der Waals surface area contributed by atoms with Gasteiger partial charge in [0.15, 0.2) is 5.82 Å². The fraction of sp³-hybridized carbons (Fsp3) is 0.273. The van der Waals surface area contributed by atoms with Crippen LogP contribution in [0.15, 0.2) is 58.6 Å². The average Bonchev–Trinajstić information content (AvgIpc) is 3.07. The molecule has 2 N–H and O–H groups in total. The Morgan fingerprint density at radius 2 is 1.80 bits per heavy atom. The third-order valence-electron chi connectivity index (χ3n) is 4.88. The first kappa shape index (κ1) is 20.2. The minimum absolute atomic E-state index is 0.0835. The third kappa shape index (κ3) is 3.95. The molecule has 7 nitrogen and oxygen atoms in total. The SMILES string of the molecule is Cc1ccc2nc(CSc3nnc(-c4ccc(C(C)(C)C)cc4)n3N)cc(=O)n2c1. The Morgan fingerprint density at radius 3 is 2.50 bits per heavy atom. The van der Waals surface area contributed by atoms with Crippen LogP contribution in [0, 0.1) is 6.92 Å². The van der Waals surface area contributed by atoms with E-state index in [2.05, 4.69) is 48.1 Å². The monoisotopic (exact) mass is 420 g/mol. The van der Waals surface area contributed by atoms with Crippen molar-refractivity contribution in [2.45, 2.75) is 44.0 Å². The summed E-state index contributed by atoms with van der Waals surface area (Å²) in [5, 5.41) is 9.03. The molecule has 0 atom stereocenters. The van der Waals surface area contributed by atoms with Gasteiger partial charge in [0.1, 0.15) is 5.65 Å². The normalized spacial score (nSPS) is 11.9. The third-order valence-corrected chi connectivity index (χ3v) is 5.86. The van der Waals surface area contributed by atoms with Gasteiger partial charge in [-0.3, -0.25) is 9.20 Å². The van der Waals surface area contributed by atoms with Crippen molar-refractivity contribution < 1.29 is 0 Å². The van der Waals surface area contributed by atoms with Crippen LogP contribution in [0.3, 0.4) is 0 Å². The summed E-state index contributed by atoms with van der Waals surface area (Å²) < 4.78 is 3.03. The highest BCUT2D eigenvalue weighted by Crippen LogP contribution is 2.27. The first-order valence-electron chi connectivity index (χ1n) is 9.65. The van der Waals surface area contributed by atoms with Gasteiger partial charge >= 0.3 is 0 Å². The fourth-order valence-electron chi connectivity index (χ4n) is 3.16. The van der Waals surface area contributed by atoms with E-state index in [-0.39, 0.29) is 11.0 Å². The van der Waals surface area contributed by atoms with Crippen LogP contribution in [0.1, 0.15) is 37.6 Å². The molecule has 0 saturated carbocycles. The molecule has 8 heteroatoms. The lowest BCUT2D eigenvalue weighted by atomic mass is 9.87. The number of benzene rings is 1. The zero-order chi connectivity index (χ0) is 21.5. The van der Waals surface area contributed by atoms with Crippen molar-refractivity contribution in [3.8, 4) is 11.4 Å². The number of aryl methyl sites for hydroxylation is 1. The summed E-state index contributed by atoms with van der Waals surface area (Å²) in [6, 6.07) is 13.5. The van der Waals surface area contributed by atoms with Crippen molar-refractivity contribution in [2.75, 3.05) is 5.84 Å². The van der Waals surface area contributed by atoms with Crippen molar-refractivity contribution >= 4 is 17.4 Å². The van der Waals surface area contributed by atoms with Crippen molar-refractivity contribution in [3.63, 3.8) is 0 Å². The standard InChI is InChI=1S/C22H24N6OS/c1-14-5-10-18-24-17(11-19(29)27(18)12-14)13-30-21-26-25-20(28(21)23)15-6-8-16(9-7-15)22(2,3)4/h5-12H,13,23H2,1-4H3. The van der Waals surface area contributed by atoms with E-state index in [1.807, 2.05) is 31.2 Å². The van der Waals surface area contributed by atoms with E-state index in [4.69, 9.17) is 5.84 Å². The van der Waals surface area contributed by atoms with E-state index in [0.717, 1.165) is 11.1 Å². The predicted molar refractivity (Wildman–Crippen MR) is 120 cm³/mol. The number of nitrogens with two attached hydrogens (primary N) is 1. The summed E-state index contributed by atoms with van der Waals surface area (Å²) in [6.45, 7) is 8.47. The van der Waals surface area contributed by atoms with Crippen LogP contribution in [0.2, 0.25) is 0 Å². The number of thioether (sulfide) groups is 1. The molecule has 0 aliphatic rings. The van der Waals surface area contributed by atoms with Crippen LogP contribution in [0.4, 0.5) is 0 Å². The maximum atomic E-state index is 12.4. The molecular formula is C22H24N6OS. The lowest BCUT2D eigenvalue weighted by Crippen LogP contribution is -2.15. The molecule has 0 bridgehead atoms. The second-order valence-electron chi connectivity index (χ2n) is 8.31. The van der Waals surface area contributed by atoms with Gasteiger partial charge in [0.25, 0.3) is 5.56 Å². The fourth-order valence-corrected chi connectivity index (χ4v) is 3.91. The van der Waals surface area contributed by atoms with Crippen molar-refractivity contribution in [2.24, 2.45) is 0 Å². The molecule has 0 aliphatic carbocycles. The lowest BCUT2D eigenvalue weighted by Gasteiger charge is -2.19. The number of aromatic nitrogens is 5. The molecule has 4 aromatic rings. The molecule has 4 rings (SSSR count). The largest absolute Gasteiger partial charge is 0.335 e. The van der Waals surface area contributed by atoms with E-state index >= 15 is 0 Å². The van der Waals surface area contributed by atoms with Crippen LogP contribution in [-0.2, 0) is 11.2 Å². The Morgan fingerprint density at radius 1 is 1.07 bits per heavy atom. The molecule has 0 saturated heterocycles. The summed E-state index contributed by atoms with van der Waals surface area (Å²) in [7, 11) is 0. The van der Waals surface area contributed by atoms with Gasteiger partial charge in [-0.15, -0.1) is 10.2 Å². The van der Waals surface area contributed by atoms with Gasteiger partial charge in [-0.1, -0.05) is 62.9 Å².